The van der Waals surface area contributed by atoms with Crippen LogP contribution in [0.25, 0.3) is 17.1 Å². The van der Waals surface area contributed by atoms with E-state index < -0.39 is 0 Å². The molecule has 130 valence electrons. The molecule has 0 aliphatic carbocycles. The number of aryl methyl sites for hydroxylation is 1. The molecule has 3 aromatic heterocycles. The van der Waals surface area contributed by atoms with Crippen molar-refractivity contribution in [2.75, 3.05) is 0 Å². The highest BCUT2D eigenvalue weighted by molar-refractivity contribution is 7.98. The second-order valence-electron chi connectivity index (χ2n) is 5.64. The number of hydrogen-bond donors (Lipinski definition) is 0. The molecule has 1 aromatic carbocycles. The van der Waals surface area contributed by atoms with Crippen molar-refractivity contribution in [1.82, 2.24) is 19.7 Å². The molecule has 0 unspecified atom stereocenters. The zero-order valence-electron chi connectivity index (χ0n) is 14.0. The van der Waals surface area contributed by atoms with E-state index in [1.54, 1.807) is 24.2 Å². The quantitative estimate of drug-likeness (QED) is 0.351. The summed E-state index contributed by atoms with van der Waals surface area (Å²) in [6.07, 6.45) is 3.38. The number of nitrogens with zero attached hydrogens (tertiary/aromatic N) is 4. The maximum absolute atomic E-state index is 5.98. The molecule has 0 aliphatic rings. The first-order valence-electron chi connectivity index (χ1n) is 8.01. The molecule has 0 spiro atoms. The smallest absolute Gasteiger partial charge is 0.196 e. The van der Waals surface area contributed by atoms with E-state index in [9.17, 15) is 0 Å². The van der Waals surface area contributed by atoms with E-state index in [0.29, 0.717) is 5.15 Å². The van der Waals surface area contributed by atoms with E-state index in [-0.39, 0.29) is 0 Å². The first-order valence-corrected chi connectivity index (χ1v) is 9.37. The van der Waals surface area contributed by atoms with Crippen LogP contribution in [0.2, 0.25) is 5.15 Å². The van der Waals surface area contributed by atoms with Gasteiger partial charge in [-0.05, 0) is 42.8 Å². The van der Waals surface area contributed by atoms with Crippen molar-refractivity contribution in [1.29, 1.82) is 0 Å². The average Bonchev–Trinajstić information content (AvgIpc) is 3.26. The topological polar surface area (TPSA) is 56.7 Å². The van der Waals surface area contributed by atoms with E-state index in [1.807, 2.05) is 60.0 Å². The van der Waals surface area contributed by atoms with Crippen molar-refractivity contribution >= 4 is 23.4 Å². The van der Waals surface area contributed by atoms with Crippen molar-refractivity contribution in [2.45, 2.75) is 17.8 Å². The van der Waals surface area contributed by atoms with Gasteiger partial charge in [-0.3, -0.25) is 4.57 Å². The van der Waals surface area contributed by atoms with Crippen LogP contribution in [0, 0.1) is 6.92 Å². The summed E-state index contributed by atoms with van der Waals surface area (Å²) in [5.74, 6) is 2.29. The van der Waals surface area contributed by atoms with Gasteiger partial charge in [-0.1, -0.05) is 41.6 Å². The van der Waals surface area contributed by atoms with Gasteiger partial charge in [0.25, 0.3) is 0 Å². The van der Waals surface area contributed by atoms with Crippen LogP contribution in [0.4, 0.5) is 0 Å². The molecule has 5 nitrogen and oxygen atoms in total. The van der Waals surface area contributed by atoms with Gasteiger partial charge in [0.05, 0.1) is 11.8 Å². The number of thioether (sulfide) groups is 1. The molecule has 0 saturated heterocycles. The van der Waals surface area contributed by atoms with Crippen LogP contribution in [0.5, 0.6) is 0 Å². The Morgan fingerprint density at radius 1 is 1.12 bits per heavy atom. The molecule has 0 fully saturated rings. The minimum absolute atomic E-state index is 0.488. The largest absolute Gasteiger partial charge is 0.469 e. The van der Waals surface area contributed by atoms with Crippen LogP contribution in [0.3, 0.4) is 0 Å². The maximum Gasteiger partial charge on any atom is 0.196 e. The second-order valence-corrected chi connectivity index (χ2v) is 6.97. The summed E-state index contributed by atoms with van der Waals surface area (Å²) in [6, 6.07) is 15.8. The average molecular weight is 383 g/mol. The molecule has 7 heteroatoms. The number of furan rings is 1. The van der Waals surface area contributed by atoms with Crippen molar-refractivity contribution < 1.29 is 4.42 Å². The highest BCUT2D eigenvalue weighted by Crippen LogP contribution is 2.31. The van der Waals surface area contributed by atoms with Crippen LogP contribution in [-0.2, 0) is 5.75 Å². The van der Waals surface area contributed by atoms with Gasteiger partial charge in [-0.15, -0.1) is 10.2 Å². The van der Waals surface area contributed by atoms with Gasteiger partial charge in [-0.25, -0.2) is 4.98 Å². The molecule has 3 heterocycles. The van der Waals surface area contributed by atoms with E-state index in [4.69, 9.17) is 16.0 Å². The maximum atomic E-state index is 5.98. The monoisotopic (exact) mass is 382 g/mol. The Balaban J connectivity index is 1.73. The van der Waals surface area contributed by atoms with Crippen LogP contribution in [-0.4, -0.2) is 19.7 Å². The van der Waals surface area contributed by atoms with E-state index in [2.05, 4.69) is 15.2 Å². The molecule has 0 N–H and O–H groups in total. The number of pyridine rings is 1. The normalized spacial score (nSPS) is 11.0. The lowest BCUT2D eigenvalue weighted by Gasteiger charge is -2.10. The minimum atomic E-state index is 0.488. The molecule has 4 aromatic rings. The lowest BCUT2D eigenvalue weighted by molar-refractivity contribution is 0.535. The fraction of sp³-hybridized carbons (Fsp3) is 0.105. The second kappa shape index (κ2) is 7.35. The number of aromatic nitrogens is 4. The third kappa shape index (κ3) is 3.38. The van der Waals surface area contributed by atoms with Crippen LogP contribution in [0.15, 0.2) is 70.6 Å². The van der Waals surface area contributed by atoms with Crippen LogP contribution >= 0.6 is 23.4 Å². The van der Waals surface area contributed by atoms with Gasteiger partial charge in [0.1, 0.15) is 10.9 Å². The Morgan fingerprint density at radius 3 is 2.69 bits per heavy atom. The predicted molar refractivity (Wildman–Crippen MR) is 103 cm³/mol. The predicted octanol–water partition coefficient (Wildman–Crippen LogP) is 5.18. The lowest BCUT2D eigenvalue weighted by atomic mass is 10.2. The Bertz CT molecular complexity index is 1030. The van der Waals surface area contributed by atoms with Crippen molar-refractivity contribution in [3.8, 4) is 17.1 Å². The number of benzene rings is 1. The lowest BCUT2D eigenvalue weighted by Crippen LogP contribution is -1.99. The summed E-state index contributed by atoms with van der Waals surface area (Å²) in [5, 5.41) is 10.1. The summed E-state index contributed by atoms with van der Waals surface area (Å²) in [6.45, 7) is 1.92. The Labute approximate surface area is 160 Å². The van der Waals surface area contributed by atoms with Gasteiger partial charge >= 0.3 is 0 Å². The molecule has 0 saturated carbocycles. The molecule has 0 amide bonds. The van der Waals surface area contributed by atoms with Gasteiger partial charge in [-0.2, -0.15) is 0 Å². The summed E-state index contributed by atoms with van der Waals surface area (Å²) in [7, 11) is 0. The SMILES string of the molecule is Cc1occc1-c1nnc(SCc2ccnc(Cl)c2)n1-c1ccccc1. The molecule has 26 heavy (non-hydrogen) atoms. The van der Waals surface area contributed by atoms with Gasteiger partial charge in [0.15, 0.2) is 11.0 Å². The number of halogens is 1. The highest BCUT2D eigenvalue weighted by Gasteiger charge is 2.18. The Morgan fingerprint density at radius 2 is 1.96 bits per heavy atom. The zero-order chi connectivity index (χ0) is 17.9. The highest BCUT2D eigenvalue weighted by atomic mass is 35.5. The first kappa shape index (κ1) is 16.9. The van der Waals surface area contributed by atoms with Gasteiger partial charge < -0.3 is 4.42 Å². The summed E-state index contributed by atoms with van der Waals surface area (Å²) >= 11 is 7.58. The standard InChI is InChI=1S/C19H15ClN4OS/c1-13-16(8-10-25-13)18-22-23-19(24(18)15-5-3-2-4-6-15)26-12-14-7-9-21-17(20)11-14/h2-11H,12H2,1H3. The third-order valence-corrected chi connectivity index (χ3v) is 5.11. The summed E-state index contributed by atoms with van der Waals surface area (Å²) in [5.41, 5.74) is 3.02. The van der Waals surface area contributed by atoms with E-state index in [1.165, 1.54) is 0 Å². The van der Waals surface area contributed by atoms with E-state index in [0.717, 1.165) is 39.3 Å². The van der Waals surface area contributed by atoms with Crippen LogP contribution < -0.4 is 0 Å². The Kier molecular flexibility index (Phi) is 4.77. The third-order valence-electron chi connectivity index (χ3n) is 3.91. The molecule has 0 radical (unpaired) electrons. The first-order chi connectivity index (χ1) is 12.7. The molecular formula is C19H15ClN4OS. The molecule has 0 bridgehead atoms. The molecule has 4 rings (SSSR count). The van der Waals surface area contributed by atoms with E-state index >= 15 is 0 Å². The minimum Gasteiger partial charge on any atom is -0.469 e. The summed E-state index contributed by atoms with van der Waals surface area (Å²) in [4.78, 5) is 4.02. The summed E-state index contributed by atoms with van der Waals surface area (Å²) < 4.78 is 7.50. The molecule has 0 aliphatic heterocycles. The van der Waals surface area contributed by atoms with Crippen molar-refractivity contribution in [3.63, 3.8) is 0 Å². The van der Waals surface area contributed by atoms with Gasteiger partial charge in [0.2, 0.25) is 0 Å². The fourth-order valence-corrected chi connectivity index (χ4v) is 3.74. The molecular weight excluding hydrogens is 368 g/mol. The molecule has 0 atom stereocenters. The fourth-order valence-electron chi connectivity index (χ4n) is 2.64. The van der Waals surface area contributed by atoms with Gasteiger partial charge in [0, 0.05) is 17.6 Å². The Hall–Kier alpha value is -2.57. The number of hydrogen-bond acceptors (Lipinski definition) is 5. The number of para-hydroxylation sites is 1. The zero-order valence-corrected chi connectivity index (χ0v) is 15.5. The number of rotatable bonds is 5. The van der Waals surface area contributed by atoms with Crippen LogP contribution in [0.1, 0.15) is 11.3 Å². The van der Waals surface area contributed by atoms with Crippen molar-refractivity contribution in [2.24, 2.45) is 0 Å². The van der Waals surface area contributed by atoms with Crippen molar-refractivity contribution in [3.05, 3.63) is 77.5 Å².